The van der Waals surface area contributed by atoms with Crippen molar-refractivity contribution in [2.75, 3.05) is 52.6 Å². The second-order valence-electron chi connectivity index (χ2n) is 10.1. The molecule has 1 aromatic carbocycles. The average Bonchev–Trinajstić information content (AvgIpc) is 3.67. The van der Waals surface area contributed by atoms with Crippen LogP contribution in [0.15, 0.2) is 30.5 Å². The van der Waals surface area contributed by atoms with E-state index >= 15 is 0 Å². The van der Waals surface area contributed by atoms with Crippen LogP contribution in [0, 0.1) is 6.92 Å². The first-order chi connectivity index (χ1) is 18.2. The van der Waals surface area contributed by atoms with Gasteiger partial charge >= 0.3 is 0 Å². The van der Waals surface area contributed by atoms with Gasteiger partial charge < -0.3 is 15.1 Å². The molecule has 4 rings (SSSR count). The number of likely N-dealkylation sites (N-methyl/N-ethyl adjacent to an activating group) is 1. The van der Waals surface area contributed by atoms with Crippen LogP contribution >= 0.6 is 0 Å². The lowest BCUT2D eigenvalue weighted by Gasteiger charge is -2.26. The van der Waals surface area contributed by atoms with E-state index in [1.165, 1.54) is 29.6 Å². The Bertz CT molecular complexity index is 1290. The van der Waals surface area contributed by atoms with Gasteiger partial charge in [-0.3, -0.25) is 13.9 Å². The summed E-state index contributed by atoms with van der Waals surface area (Å²) in [6, 6.07) is 7.21. The summed E-state index contributed by atoms with van der Waals surface area (Å²) in [6.07, 6.45) is 5.68. The maximum Gasteiger partial charge on any atom is 0.253 e. The van der Waals surface area contributed by atoms with Gasteiger partial charge in [0, 0.05) is 51.5 Å². The number of aromatic nitrogens is 1. The molecule has 1 aliphatic heterocycles. The third-order valence-electron chi connectivity index (χ3n) is 7.20. The Hall–Kier alpha value is -3.14. The molecule has 0 bridgehead atoms. The van der Waals surface area contributed by atoms with Crippen molar-refractivity contribution < 1.29 is 18.0 Å². The average molecular weight is 542 g/mol. The number of pyridine rings is 1. The monoisotopic (exact) mass is 541 g/mol. The van der Waals surface area contributed by atoms with Gasteiger partial charge in [-0.25, -0.2) is 13.4 Å². The predicted octanol–water partition coefficient (Wildman–Crippen LogP) is 3.83. The summed E-state index contributed by atoms with van der Waals surface area (Å²) in [7, 11) is -3.52. The van der Waals surface area contributed by atoms with Crippen LogP contribution in [-0.4, -0.2) is 63.7 Å². The highest BCUT2D eigenvalue weighted by molar-refractivity contribution is 7.93. The van der Waals surface area contributed by atoms with Crippen LogP contribution < -0.4 is 19.4 Å². The Labute approximate surface area is 226 Å². The molecule has 38 heavy (non-hydrogen) atoms. The van der Waals surface area contributed by atoms with E-state index in [2.05, 4.69) is 30.1 Å². The van der Waals surface area contributed by atoms with E-state index in [1.807, 2.05) is 13.1 Å². The Balaban J connectivity index is 1.52. The lowest BCUT2D eigenvalue weighted by molar-refractivity contribution is -0.116. The molecule has 2 aromatic rings. The summed E-state index contributed by atoms with van der Waals surface area (Å²) in [4.78, 5) is 34.0. The molecule has 2 heterocycles. The Morgan fingerprint density at radius 1 is 1.16 bits per heavy atom. The standard InChI is InChI=1S/C28H39N5O4S/c1-5-13-32(21(4)34)24-10-11-25(26(18-24)33-14-7-16-38(33,36)37)28(35)29-12-15-31(6-2)27-20(3)17-23(19-30-27)22-8-9-22/h10-11,17-19,22H,5-9,12-16H2,1-4H3,(H,29,35). The highest BCUT2D eigenvalue weighted by Crippen LogP contribution is 2.40. The van der Waals surface area contributed by atoms with Crippen LogP contribution in [0.5, 0.6) is 0 Å². The molecule has 1 N–H and O–H groups in total. The van der Waals surface area contributed by atoms with Crippen molar-refractivity contribution in [2.24, 2.45) is 0 Å². The number of rotatable bonds is 11. The summed E-state index contributed by atoms with van der Waals surface area (Å²) in [6.45, 7) is 10.1. The molecular weight excluding hydrogens is 502 g/mol. The van der Waals surface area contributed by atoms with E-state index in [0.29, 0.717) is 49.9 Å². The fourth-order valence-electron chi connectivity index (χ4n) is 5.06. The summed E-state index contributed by atoms with van der Waals surface area (Å²) in [5.74, 6) is 1.13. The number of hydrogen-bond acceptors (Lipinski definition) is 6. The SMILES string of the molecule is CCCN(C(C)=O)c1ccc(C(=O)NCCN(CC)c2ncc(C3CC3)cc2C)c(N2CCCS2(=O)=O)c1. The van der Waals surface area contributed by atoms with Gasteiger partial charge in [0.15, 0.2) is 0 Å². The maximum atomic E-state index is 13.3. The summed E-state index contributed by atoms with van der Waals surface area (Å²) in [5.41, 5.74) is 3.61. The second-order valence-corrected chi connectivity index (χ2v) is 12.1. The van der Waals surface area contributed by atoms with E-state index in [1.54, 1.807) is 23.1 Å². The Morgan fingerprint density at radius 3 is 2.50 bits per heavy atom. The van der Waals surface area contributed by atoms with Crippen molar-refractivity contribution in [2.45, 2.75) is 59.3 Å². The van der Waals surface area contributed by atoms with E-state index in [-0.39, 0.29) is 23.1 Å². The molecule has 0 atom stereocenters. The number of aryl methyl sites for hydroxylation is 1. The summed E-state index contributed by atoms with van der Waals surface area (Å²) < 4.78 is 26.9. The molecule has 0 unspecified atom stereocenters. The molecule has 1 saturated heterocycles. The van der Waals surface area contributed by atoms with E-state index in [4.69, 9.17) is 4.98 Å². The van der Waals surface area contributed by atoms with Crippen molar-refractivity contribution in [3.8, 4) is 0 Å². The highest BCUT2D eigenvalue weighted by Gasteiger charge is 2.32. The van der Waals surface area contributed by atoms with Gasteiger partial charge in [-0.05, 0) is 74.8 Å². The second kappa shape index (κ2) is 11.7. The number of carbonyl (C=O) groups is 2. The van der Waals surface area contributed by atoms with Crippen LogP contribution in [0.1, 0.15) is 73.9 Å². The van der Waals surface area contributed by atoms with Crippen molar-refractivity contribution in [3.05, 3.63) is 47.2 Å². The summed E-state index contributed by atoms with van der Waals surface area (Å²) >= 11 is 0. The number of nitrogens with zero attached hydrogens (tertiary/aromatic N) is 4. The molecule has 10 heteroatoms. The first-order valence-electron chi connectivity index (χ1n) is 13.6. The number of nitrogens with one attached hydrogen (secondary N) is 1. The van der Waals surface area contributed by atoms with Crippen LogP contribution in [-0.2, 0) is 14.8 Å². The fraction of sp³-hybridized carbons (Fsp3) is 0.536. The van der Waals surface area contributed by atoms with Gasteiger partial charge in [-0.1, -0.05) is 13.0 Å². The third kappa shape index (κ3) is 6.11. The molecule has 1 aromatic heterocycles. The van der Waals surface area contributed by atoms with Crippen LogP contribution in [0.4, 0.5) is 17.2 Å². The zero-order chi connectivity index (χ0) is 27.4. The highest BCUT2D eigenvalue weighted by atomic mass is 32.2. The molecule has 2 aliphatic rings. The van der Waals surface area contributed by atoms with Gasteiger partial charge in [-0.15, -0.1) is 0 Å². The van der Waals surface area contributed by atoms with Gasteiger partial charge in [0.1, 0.15) is 5.82 Å². The van der Waals surface area contributed by atoms with E-state index in [9.17, 15) is 18.0 Å². The number of benzene rings is 1. The van der Waals surface area contributed by atoms with Crippen molar-refractivity contribution in [1.29, 1.82) is 0 Å². The van der Waals surface area contributed by atoms with Crippen molar-refractivity contribution in [1.82, 2.24) is 10.3 Å². The molecule has 2 fully saturated rings. The predicted molar refractivity (Wildman–Crippen MR) is 152 cm³/mol. The molecule has 0 radical (unpaired) electrons. The number of sulfonamides is 1. The van der Waals surface area contributed by atoms with E-state index < -0.39 is 10.0 Å². The zero-order valence-corrected chi connectivity index (χ0v) is 23.7. The first-order valence-corrected chi connectivity index (χ1v) is 15.2. The van der Waals surface area contributed by atoms with Crippen LogP contribution in [0.2, 0.25) is 0 Å². The molecule has 1 saturated carbocycles. The Morgan fingerprint density at radius 2 is 1.92 bits per heavy atom. The minimum absolute atomic E-state index is 0.0427. The summed E-state index contributed by atoms with van der Waals surface area (Å²) in [5, 5.41) is 2.97. The maximum absolute atomic E-state index is 13.3. The Kier molecular flexibility index (Phi) is 8.60. The van der Waals surface area contributed by atoms with Gasteiger partial charge in [-0.2, -0.15) is 0 Å². The fourth-order valence-corrected chi connectivity index (χ4v) is 6.63. The number of hydrogen-bond donors (Lipinski definition) is 1. The first kappa shape index (κ1) is 27.9. The molecule has 0 spiro atoms. The van der Waals surface area contributed by atoms with Crippen molar-refractivity contribution in [3.63, 3.8) is 0 Å². The molecular formula is C28H39N5O4S. The topological polar surface area (TPSA) is 103 Å². The lowest BCUT2D eigenvalue weighted by atomic mass is 10.1. The molecule has 2 amide bonds. The third-order valence-corrected chi connectivity index (χ3v) is 9.06. The minimum atomic E-state index is -3.52. The quantitative estimate of drug-likeness (QED) is 0.464. The van der Waals surface area contributed by atoms with Gasteiger partial charge in [0.25, 0.3) is 5.91 Å². The van der Waals surface area contributed by atoms with Gasteiger partial charge in [0.05, 0.1) is 17.0 Å². The largest absolute Gasteiger partial charge is 0.355 e. The minimum Gasteiger partial charge on any atom is -0.355 e. The molecule has 9 nitrogen and oxygen atoms in total. The van der Waals surface area contributed by atoms with Gasteiger partial charge in [0.2, 0.25) is 15.9 Å². The number of carbonyl (C=O) groups excluding carboxylic acids is 2. The lowest BCUT2D eigenvalue weighted by Crippen LogP contribution is -2.37. The zero-order valence-electron chi connectivity index (χ0n) is 22.9. The molecule has 1 aliphatic carbocycles. The van der Waals surface area contributed by atoms with Crippen LogP contribution in [0.25, 0.3) is 0 Å². The van der Waals surface area contributed by atoms with Crippen LogP contribution in [0.3, 0.4) is 0 Å². The number of amides is 2. The smallest absolute Gasteiger partial charge is 0.253 e. The molecule has 206 valence electrons. The van der Waals surface area contributed by atoms with E-state index in [0.717, 1.165) is 24.3 Å². The van der Waals surface area contributed by atoms with Crippen molar-refractivity contribution >= 4 is 39.0 Å². The normalized spacial score (nSPS) is 16.4. The number of anilines is 3.